The summed E-state index contributed by atoms with van der Waals surface area (Å²) < 4.78 is 1.82. The van der Waals surface area contributed by atoms with Crippen molar-refractivity contribution in [3.63, 3.8) is 0 Å². The molecule has 0 atom stereocenters. The number of thiophene rings is 1. The van der Waals surface area contributed by atoms with Crippen molar-refractivity contribution in [2.45, 2.75) is 0 Å². The van der Waals surface area contributed by atoms with E-state index in [0.717, 1.165) is 16.0 Å². The molecule has 0 N–H and O–H groups in total. The zero-order valence-electron chi connectivity index (χ0n) is 7.16. The highest BCUT2D eigenvalue weighted by Gasteiger charge is 2.05. The minimum absolute atomic E-state index is 0.820. The minimum atomic E-state index is 0.820. The summed E-state index contributed by atoms with van der Waals surface area (Å²) in [6.07, 6.45) is 3.46. The van der Waals surface area contributed by atoms with E-state index >= 15 is 0 Å². The van der Waals surface area contributed by atoms with Crippen molar-refractivity contribution in [2.24, 2.45) is 0 Å². The van der Waals surface area contributed by atoms with Crippen LogP contribution in [0.25, 0.3) is 16.0 Å². The molecule has 3 heterocycles. The zero-order valence-corrected chi connectivity index (χ0v) is 7.98. The molecule has 3 rings (SSSR count). The van der Waals surface area contributed by atoms with Gasteiger partial charge in [-0.15, -0.1) is 16.4 Å². The summed E-state index contributed by atoms with van der Waals surface area (Å²) in [4.78, 5) is 4.00. The Labute approximate surface area is 83.8 Å². The predicted molar refractivity (Wildman–Crippen MR) is 54.5 cm³/mol. The number of hydrogen-bond acceptors (Lipinski definition) is 4. The molecule has 68 valence electrons. The molecule has 0 spiro atoms. The normalized spacial score (nSPS) is 10.9. The van der Waals surface area contributed by atoms with Crippen molar-refractivity contribution in [3.8, 4) is 5.00 Å². The Morgan fingerprint density at radius 1 is 1.29 bits per heavy atom. The van der Waals surface area contributed by atoms with E-state index in [2.05, 4.69) is 15.3 Å². The SMILES string of the molecule is c1csc(-n2nnc3cnccc32)c1. The molecule has 0 bridgehead atoms. The van der Waals surface area contributed by atoms with Crippen LogP contribution in [0.1, 0.15) is 0 Å². The lowest BCUT2D eigenvalue weighted by molar-refractivity contribution is 0.835. The third kappa shape index (κ3) is 1.03. The monoisotopic (exact) mass is 202 g/mol. The standard InChI is InChI=1S/C9H6N4S/c1-2-9(14-5-1)13-8-3-4-10-6-7(8)11-12-13/h1-6H. The van der Waals surface area contributed by atoms with Crippen LogP contribution in [0.4, 0.5) is 0 Å². The molecule has 0 saturated heterocycles. The van der Waals surface area contributed by atoms with Gasteiger partial charge in [0.05, 0.1) is 11.7 Å². The van der Waals surface area contributed by atoms with Crippen molar-refractivity contribution >= 4 is 22.4 Å². The van der Waals surface area contributed by atoms with E-state index in [1.807, 2.05) is 28.3 Å². The van der Waals surface area contributed by atoms with Gasteiger partial charge in [0.25, 0.3) is 0 Å². The van der Waals surface area contributed by atoms with Crippen LogP contribution >= 0.6 is 11.3 Å². The van der Waals surface area contributed by atoms with Crippen LogP contribution < -0.4 is 0 Å². The predicted octanol–water partition coefficient (Wildman–Crippen LogP) is 1.88. The summed E-state index contributed by atoms with van der Waals surface area (Å²) in [5.41, 5.74) is 1.81. The first-order valence-corrected chi connectivity index (χ1v) is 5.02. The van der Waals surface area contributed by atoms with Gasteiger partial charge in [-0.1, -0.05) is 5.21 Å². The Morgan fingerprint density at radius 2 is 2.29 bits per heavy atom. The number of aromatic nitrogens is 4. The molecule has 0 unspecified atom stereocenters. The van der Waals surface area contributed by atoms with Gasteiger partial charge in [-0.3, -0.25) is 4.98 Å². The fourth-order valence-corrected chi connectivity index (χ4v) is 2.02. The van der Waals surface area contributed by atoms with Gasteiger partial charge in [-0.05, 0) is 23.6 Å². The smallest absolute Gasteiger partial charge is 0.131 e. The number of rotatable bonds is 1. The molecule has 14 heavy (non-hydrogen) atoms. The molecule has 5 heteroatoms. The lowest BCUT2D eigenvalue weighted by atomic mass is 10.4. The molecular formula is C9H6N4S. The molecular weight excluding hydrogens is 196 g/mol. The first-order valence-electron chi connectivity index (χ1n) is 4.14. The van der Waals surface area contributed by atoms with Crippen molar-refractivity contribution < 1.29 is 0 Å². The maximum absolute atomic E-state index is 4.07. The van der Waals surface area contributed by atoms with E-state index in [9.17, 15) is 0 Å². The first kappa shape index (κ1) is 7.64. The second-order valence-electron chi connectivity index (χ2n) is 2.82. The zero-order chi connectivity index (χ0) is 9.38. The van der Waals surface area contributed by atoms with Gasteiger partial charge < -0.3 is 0 Å². The highest BCUT2D eigenvalue weighted by Crippen LogP contribution is 2.18. The summed E-state index contributed by atoms with van der Waals surface area (Å²) in [6, 6.07) is 5.92. The van der Waals surface area contributed by atoms with E-state index in [0.29, 0.717) is 0 Å². The Kier molecular flexibility index (Phi) is 1.57. The third-order valence-corrected chi connectivity index (χ3v) is 2.81. The molecule has 0 aromatic carbocycles. The molecule has 0 aliphatic rings. The van der Waals surface area contributed by atoms with Crippen LogP contribution in [-0.4, -0.2) is 20.0 Å². The van der Waals surface area contributed by atoms with Gasteiger partial charge >= 0.3 is 0 Å². The quantitative estimate of drug-likeness (QED) is 0.605. The highest BCUT2D eigenvalue weighted by atomic mass is 32.1. The average Bonchev–Trinajstić information content (AvgIpc) is 2.85. The second-order valence-corrected chi connectivity index (χ2v) is 3.74. The Morgan fingerprint density at radius 3 is 3.14 bits per heavy atom. The maximum Gasteiger partial charge on any atom is 0.131 e. The van der Waals surface area contributed by atoms with Crippen molar-refractivity contribution in [3.05, 3.63) is 36.0 Å². The van der Waals surface area contributed by atoms with Crippen LogP contribution in [0, 0.1) is 0 Å². The maximum atomic E-state index is 4.07. The van der Waals surface area contributed by atoms with E-state index < -0.39 is 0 Å². The van der Waals surface area contributed by atoms with Gasteiger partial charge in [0.2, 0.25) is 0 Å². The summed E-state index contributed by atoms with van der Waals surface area (Å²) in [7, 11) is 0. The van der Waals surface area contributed by atoms with Gasteiger partial charge in [0.15, 0.2) is 0 Å². The molecule has 0 fully saturated rings. The molecule has 4 nitrogen and oxygen atoms in total. The Hall–Kier alpha value is -1.75. The number of pyridine rings is 1. The minimum Gasteiger partial charge on any atom is -0.262 e. The lowest BCUT2D eigenvalue weighted by Crippen LogP contribution is -1.92. The van der Waals surface area contributed by atoms with E-state index in [4.69, 9.17) is 0 Å². The lowest BCUT2D eigenvalue weighted by Gasteiger charge is -1.95. The summed E-state index contributed by atoms with van der Waals surface area (Å²) in [5, 5.41) is 11.2. The fraction of sp³-hybridized carbons (Fsp3) is 0. The fourth-order valence-electron chi connectivity index (χ4n) is 1.33. The van der Waals surface area contributed by atoms with Crippen molar-refractivity contribution in [1.82, 2.24) is 20.0 Å². The Bertz CT molecular complexity index is 555. The molecule has 3 aromatic heterocycles. The van der Waals surface area contributed by atoms with Gasteiger partial charge in [-0.2, -0.15) is 0 Å². The molecule has 0 saturated carbocycles. The Balaban J connectivity index is 2.33. The average molecular weight is 202 g/mol. The molecule has 0 amide bonds. The number of fused-ring (bicyclic) bond motifs is 1. The second kappa shape index (κ2) is 2.88. The summed E-state index contributed by atoms with van der Waals surface area (Å²) in [6.45, 7) is 0. The van der Waals surface area contributed by atoms with E-state index in [1.54, 1.807) is 23.7 Å². The third-order valence-electron chi connectivity index (χ3n) is 1.96. The topological polar surface area (TPSA) is 43.6 Å². The molecule has 0 aliphatic carbocycles. The van der Waals surface area contributed by atoms with Crippen LogP contribution in [0.3, 0.4) is 0 Å². The largest absolute Gasteiger partial charge is 0.262 e. The van der Waals surface area contributed by atoms with Crippen LogP contribution in [0.15, 0.2) is 36.0 Å². The van der Waals surface area contributed by atoms with Crippen LogP contribution in [0.5, 0.6) is 0 Å². The number of nitrogens with zero attached hydrogens (tertiary/aromatic N) is 4. The van der Waals surface area contributed by atoms with Gasteiger partial charge in [0.1, 0.15) is 10.5 Å². The van der Waals surface area contributed by atoms with Crippen LogP contribution in [-0.2, 0) is 0 Å². The molecule has 0 aliphatic heterocycles. The summed E-state index contributed by atoms with van der Waals surface area (Å²) >= 11 is 1.64. The van der Waals surface area contributed by atoms with Crippen LogP contribution in [0.2, 0.25) is 0 Å². The van der Waals surface area contributed by atoms with Crippen molar-refractivity contribution in [1.29, 1.82) is 0 Å². The summed E-state index contributed by atoms with van der Waals surface area (Å²) in [5.74, 6) is 0. The van der Waals surface area contributed by atoms with E-state index in [-0.39, 0.29) is 0 Å². The van der Waals surface area contributed by atoms with E-state index in [1.165, 1.54) is 0 Å². The molecule has 3 aromatic rings. The van der Waals surface area contributed by atoms with Gasteiger partial charge in [-0.25, -0.2) is 4.68 Å². The van der Waals surface area contributed by atoms with Gasteiger partial charge in [0, 0.05) is 6.20 Å². The highest BCUT2D eigenvalue weighted by molar-refractivity contribution is 7.12. The molecule has 0 radical (unpaired) electrons. The van der Waals surface area contributed by atoms with Crippen molar-refractivity contribution in [2.75, 3.05) is 0 Å². The first-order chi connectivity index (χ1) is 6.95. The number of hydrogen-bond donors (Lipinski definition) is 0.